The number of ether oxygens (including phenoxy) is 2. The molecule has 1 heterocycles. The molecule has 3 rings (SSSR count). The Bertz CT molecular complexity index is 613. The van der Waals surface area contributed by atoms with Crippen LogP contribution in [0.25, 0.3) is 0 Å². The first kappa shape index (κ1) is 13.0. The average molecular weight is 272 g/mol. The second kappa shape index (κ2) is 4.81. The highest BCUT2D eigenvalue weighted by molar-refractivity contribution is 5.43. The number of hydrogen-bond acceptors (Lipinski definition) is 4. The lowest BCUT2D eigenvalue weighted by Gasteiger charge is -2.29. The number of benzene rings is 2. The normalized spacial score (nSPS) is 17.2. The summed E-state index contributed by atoms with van der Waals surface area (Å²) in [6, 6.07) is 11.9. The molecule has 1 aliphatic heterocycles. The lowest BCUT2D eigenvalue weighted by atomic mass is 9.93. The molecule has 4 nitrogen and oxygen atoms in total. The van der Waals surface area contributed by atoms with Crippen molar-refractivity contribution in [3.05, 3.63) is 59.2 Å². The van der Waals surface area contributed by atoms with E-state index in [2.05, 4.69) is 0 Å². The van der Waals surface area contributed by atoms with Crippen LogP contribution in [0.2, 0.25) is 0 Å². The molecule has 0 amide bonds. The summed E-state index contributed by atoms with van der Waals surface area (Å²) in [5.41, 5.74) is 2.57. The summed E-state index contributed by atoms with van der Waals surface area (Å²) >= 11 is 0. The second-order valence-electron chi connectivity index (χ2n) is 4.86. The SMILES string of the molecule is Cc1cc(O)ccc1C1(c2ccc(O)cc2)OCCO1. The van der Waals surface area contributed by atoms with Crippen molar-refractivity contribution in [1.29, 1.82) is 0 Å². The van der Waals surface area contributed by atoms with Gasteiger partial charge in [0.2, 0.25) is 5.79 Å². The van der Waals surface area contributed by atoms with Crippen molar-refractivity contribution in [3.8, 4) is 11.5 Å². The molecular weight excluding hydrogens is 256 g/mol. The summed E-state index contributed by atoms with van der Waals surface area (Å²) in [6.45, 7) is 2.91. The van der Waals surface area contributed by atoms with Gasteiger partial charge in [-0.1, -0.05) is 0 Å². The van der Waals surface area contributed by atoms with Crippen LogP contribution in [0, 0.1) is 6.92 Å². The summed E-state index contributed by atoms with van der Waals surface area (Å²) in [4.78, 5) is 0. The number of hydrogen-bond donors (Lipinski definition) is 2. The van der Waals surface area contributed by atoms with E-state index in [0.29, 0.717) is 13.2 Å². The topological polar surface area (TPSA) is 58.9 Å². The van der Waals surface area contributed by atoms with Gasteiger partial charge in [-0.2, -0.15) is 0 Å². The third-order valence-electron chi connectivity index (χ3n) is 3.51. The Morgan fingerprint density at radius 3 is 2.10 bits per heavy atom. The lowest BCUT2D eigenvalue weighted by molar-refractivity contribution is -0.130. The van der Waals surface area contributed by atoms with Crippen molar-refractivity contribution < 1.29 is 19.7 Å². The monoisotopic (exact) mass is 272 g/mol. The van der Waals surface area contributed by atoms with Crippen LogP contribution in [0.5, 0.6) is 11.5 Å². The largest absolute Gasteiger partial charge is 0.508 e. The molecule has 0 spiro atoms. The van der Waals surface area contributed by atoms with E-state index in [0.717, 1.165) is 16.7 Å². The highest BCUT2D eigenvalue weighted by atomic mass is 16.7. The van der Waals surface area contributed by atoms with Crippen LogP contribution < -0.4 is 0 Å². The van der Waals surface area contributed by atoms with E-state index in [1.165, 1.54) is 0 Å². The lowest BCUT2D eigenvalue weighted by Crippen LogP contribution is -2.29. The smallest absolute Gasteiger partial charge is 0.222 e. The molecule has 0 unspecified atom stereocenters. The Labute approximate surface area is 117 Å². The predicted octanol–water partition coefficient (Wildman–Crippen LogP) is 2.65. The molecule has 2 N–H and O–H groups in total. The molecular formula is C16H16O4. The van der Waals surface area contributed by atoms with Crippen molar-refractivity contribution in [2.75, 3.05) is 13.2 Å². The van der Waals surface area contributed by atoms with Crippen molar-refractivity contribution in [3.63, 3.8) is 0 Å². The minimum Gasteiger partial charge on any atom is -0.508 e. The Morgan fingerprint density at radius 2 is 1.50 bits per heavy atom. The van der Waals surface area contributed by atoms with Gasteiger partial charge in [0.25, 0.3) is 0 Å². The number of aryl methyl sites for hydroxylation is 1. The van der Waals surface area contributed by atoms with Gasteiger partial charge in [0.05, 0.1) is 13.2 Å². The maximum Gasteiger partial charge on any atom is 0.222 e. The van der Waals surface area contributed by atoms with Gasteiger partial charge in [0.15, 0.2) is 0 Å². The van der Waals surface area contributed by atoms with Crippen molar-refractivity contribution in [2.45, 2.75) is 12.7 Å². The number of rotatable bonds is 2. The van der Waals surface area contributed by atoms with Crippen LogP contribution >= 0.6 is 0 Å². The molecule has 2 aromatic rings. The molecule has 4 heteroatoms. The molecule has 1 saturated heterocycles. The molecule has 1 fully saturated rings. The summed E-state index contributed by atoms with van der Waals surface area (Å²) in [6.07, 6.45) is 0. The first-order chi connectivity index (χ1) is 9.62. The fraction of sp³-hybridized carbons (Fsp3) is 0.250. The van der Waals surface area contributed by atoms with Gasteiger partial charge in [-0.05, 0) is 55.0 Å². The minimum atomic E-state index is -0.967. The van der Waals surface area contributed by atoms with Crippen LogP contribution in [0.4, 0.5) is 0 Å². The molecule has 1 aliphatic rings. The van der Waals surface area contributed by atoms with Gasteiger partial charge >= 0.3 is 0 Å². The molecule has 0 bridgehead atoms. The molecule has 20 heavy (non-hydrogen) atoms. The fourth-order valence-corrected chi connectivity index (χ4v) is 2.59. The Balaban J connectivity index is 2.14. The van der Waals surface area contributed by atoms with Crippen LogP contribution in [-0.4, -0.2) is 23.4 Å². The highest BCUT2D eigenvalue weighted by Crippen LogP contribution is 2.40. The zero-order valence-corrected chi connectivity index (χ0v) is 11.2. The number of aromatic hydroxyl groups is 2. The van der Waals surface area contributed by atoms with Gasteiger partial charge in [-0.25, -0.2) is 0 Å². The maximum atomic E-state index is 9.56. The zero-order valence-electron chi connectivity index (χ0n) is 11.2. The number of phenolic OH excluding ortho intramolecular Hbond substituents is 2. The minimum absolute atomic E-state index is 0.198. The summed E-state index contributed by atoms with van der Waals surface area (Å²) < 4.78 is 11.8. The van der Waals surface area contributed by atoms with Crippen LogP contribution in [0.15, 0.2) is 42.5 Å². The van der Waals surface area contributed by atoms with E-state index in [4.69, 9.17) is 9.47 Å². The average Bonchev–Trinajstić information content (AvgIpc) is 2.90. The first-order valence-electron chi connectivity index (χ1n) is 6.49. The van der Waals surface area contributed by atoms with Crippen LogP contribution in [0.1, 0.15) is 16.7 Å². The molecule has 0 atom stereocenters. The van der Waals surface area contributed by atoms with Crippen LogP contribution in [0.3, 0.4) is 0 Å². The van der Waals surface area contributed by atoms with E-state index in [-0.39, 0.29) is 11.5 Å². The van der Waals surface area contributed by atoms with Gasteiger partial charge in [-0.3, -0.25) is 0 Å². The van der Waals surface area contributed by atoms with E-state index in [9.17, 15) is 10.2 Å². The Morgan fingerprint density at radius 1 is 0.900 bits per heavy atom. The predicted molar refractivity (Wildman–Crippen MR) is 73.6 cm³/mol. The molecule has 0 saturated carbocycles. The van der Waals surface area contributed by atoms with E-state index in [1.54, 1.807) is 36.4 Å². The highest BCUT2D eigenvalue weighted by Gasteiger charge is 2.41. The van der Waals surface area contributed by atoms with E-state index in [1.807, 2.05) is 13.0 Å². The standard InChI is InChI=1S/C16H16O4/c1-11-10-14(18)6-7-15(11)16(19-8-9-20-16)12-2-4-13(17)5-3-12/h2-7,10,17-18H,8-9H2,1H3. The zero-order chi connectivity index (χ0) is 14.2. The third-order valence-corrected chi connectivity index (χ3v) is 3.51. The van der Waals surface area contributed by atoms with E-state index >= 15 is 0 Å². The first-order valence-corrected chi connectivity index (χ1v) is 6.49. The van der Waals surface area contributed by atoms with Gasteiger partial charge in [-0.15, -0.1) is 0 Å². The molecule has 0 radical (unpaired) electrons. The van der Waals surface area contributed by atoms with Crippen molar-refractivity contribution in [1.82, 2.24) is 0 Å². The van der Waals surface area contributed by atoms with Crippen LogP contribution in [-0.2, 0) is 15.3 Å². The Hall–Kier alpha value is -2.04. The van der Waals surface area contributed by atoms with Gasteiger partial charge < -0.3 is 19.7 Å². The third kappa shape index (κ3) is 2.03. The summed E-state index contributed by atoms with van der Waals surface area (Å²) in [5, 5.41) is 19.0. The molecule has 0 aromatic heterocycles. The second-order valence-corrected chi connectivity index (χ2v) is 4.86. The molecule has 0 aliphatic carbocycles. The maximum absolute atomic E-state index is 9.56. The number of phenols is 2. The van der Waals surface area contributed by atoms with Gasteiger partial charge in [0, 0.05) is 11.1 Å². The van der Waals surface area contributed by atoms with E-state index < -0.39 is 5.79 Å². The van der Waals surface area contributed by atoms with Crippen molar-refractivity contribution >= 4 is 0 Å². The molecule has 2 aromatic carbocycles. The van der Waals surface area contributed by atoms with Crippen molar-refractivity contribution in [2.24, 2.45) is 0 Å². The molecule has 104 valence electrons. The van der Waals surface area contributed by atoms with Gasteiger partial charge in [0.1, 0.15) is 11.5 Å². The Kier molecular flexibility index (Phi) is 3.12. The fourth-order valence-electron chi connectivity index (χ4n) is 2.59. The summed E-state index contributed by atoms with van der Waals surface area (Å²) in [5.74, 6) is -0.555. The quantitative estimate of drug-likeness (QED) is 0.882. The summed E-state index contributed by atoms with van der Waals surface area (Å²) in [7, 11) is 0.